The molecule has 0 saturated carbocycles. The molecule has 0 radical (unpaired) electrons. The second kappa shape index (κ2) is 5.66. The molecule has 7 heteroatoms. The molecule has 1 aliphatic rings. The quantitative estimate of drug-likeness (QED) is 0.831. The van der Waals surface area contributed by atoms with E-state index < -0.39 is 10.0 Å². The van der Waals surface area contributed by atoms with Crippen molar-refractivity contribution in [1.29, 1.82) is 0 Å². The number of hydrogen-bond acceptors (Lipinski definition) is 5. The van der Waals surface area contributed by atoms with Crippen LogP contribution in [0.3, 0.4) is 0 Å². The fraction of sp³-hybridized carbons (Fsp3) is 0.636. The summed E-state index contributed by atoms with van der Waals surface area (Å²) in [6, 6.07) is 1.96. The van der Waals surface area contributed by atoms with Crippen molar-refractivity contribution < 1.29 is 8.42 Å². The number of thiophene rings is 1. The van der Waals surface area contributed by atoms with Crippen LogP contribution in [0, 0.1) is 0 Å². The number of nitrogens with two attached hydrogens (primary N) is 1. The highest BCUT2D eigenvalue weighted by Gasteiger charge is 2.24. The van der Waals surface area contributed by atoms with Crippen LogP contribution < -0.4 is 10.5 Å². The van der Waals surface area contributed by atoms with Crippen LogP contribution in [0.2, 0.25) is 0 Å². The average molecular weight is 289 g/mol. The minimum atomic E-state index is -3.37. The summed E-state index contributed by atoms with van der Waals surface area (Å²) < 4.78 is 27.2. The molecule has 1 aromatic heterocycles. The summed E-state index contributed by atoms with van der Waals surface area (Å²) in [6.07, 6.45) is 2.19. The van der Waals surface area contributed by atoms with Crippen molar-refractivity contribution in [1.82, 2.24) is 9.62 Å². The Balaban J connectivity index is 1.98. The molecule has 0 amide bonds. The monoisotopic (exact) mass is 289 g/mol. The molecule has 3 N–H and O–H groups in total. The smallest absolute Gasteiger partial charge is 0.250 e. The van der Waals surface area contributed by atoms with Gasteiger partial charge in [-0.15, -0.1) is 11.3 Å². The zero-order valence-electron chi connectivity index (χ0n) is 10.4. The number of likely N-dealkylation sites (tertiary alicyclic amines) is 1. The Kier molecular flexibility index (Phi) is 4.39. The van der Waals surface area contributed by atoms with Crippen molar-refractivity contribution in [2.75, 3.05) is 20.1 Å². The van der Waals surface area contributed by atoms with E-state index in [0.29, 0.717) is 23.3 Å². The maximum absolute atomic E-state index is 12.1. The molecule has 5 nitrogen and oxygen atoms in total. The number of nitrogens with one attached hydrogen (secondary N) is 1. The summed E-state index contributed by atoms with van der Waals surface area (Å²) in [6.45, 7) is 1.90. The highest BCUT2D eigenvalue weighted by molar-refractivity contribution is 7.91. The Morgan fingerprint density at radius 2 is 2.39 bits per heavy atom. The highest BCUT2D eigenvalue weighted by Crippen LogP contribution is 2.20. The molecule has 1 aliphatic heterocycles. The third-order valence-electron chi connectivity index (χ3n) is 3.31. The third-order valence-corrected chi connectivity index (χ3v) is 6.22. The van der Waals surface area contributed by atoms with Gasteiger partial charge in [0.1, 0.15) is 4.21 Å². The fourth-order valence-electron chi connectivity index (χ4n) is 2.12. The van der Waals surface area contributed by atoms with E-state index >= 15 is 0 Å². The SMILES string of the molecule is CN1CCCC1CNS(=O)(=O)c1cc(CN)cs1. The van der Waals surface area contributed by atoms with E-state index in [4.69, 9.17) is 5.73 Å². The van der Waals surface area contributed by atoms with Crippen LogP contribution in [0.4, 0.5) is 0 Å². The van der Waals surface area contributed by atoms with Gasteiger partial charge < -0.3 is 10.6 Å². The largest absolute Gasteiger partial charge is 0.326 e. The number of hydrogen-bond donors (Lipinski definition) is 2. The maximum Gasteiger partial charge on any atom is 0.250 e. The van der Waals surface area contributed by atoms with Gasteiger partial charge in [-0.2, -0.15) is 0 Å². The summed E-state index contributed by atoms with van der Waals surface area (Å²) >= 11 is 1.22. The van der Waals surface area contributed by atoms with Gasteiger partial charge in [0.25, 0.3) is 0 Å². The van der Waals surface area contributed by atoms with Gasteiger partial charge in [-0.05, 0) is 43.4 Å². The van der Waals surface area contributed by atoms with Crippen molar-refractivity contribution in [2.24, 2.45) is 5.73 Å². The Morgan fingerprint density at radius 3 is 2.94 bits per heavy atom. The molecule has 2 rings (SSSR count). The summed E-state index contributed by atoms with van der Waals surface area (Å²) in [4.78, 5) is 2.20. The zero-order chi connectivity index (χ0) is 13.2. The second-order valence-corrected chi connectivity index (χ2v) is 7.51. The van der Waals surface area contributed by atoms with Crippen LogP contribution in [0.1, 0.15) is 18.4 Å². The van der Waals surface area contributed by atoms with Crippen LogP contribution in [0.5, 0.6) is 0 Å². The van der Waals surface area contributed by atoms with E-state index in [1.807, 2.05) is 7.05 Å². The van der Waals surface area contributed by atoms with Gasteiger partial charge in [-0.3, -0.25) is 0 Å². The molecule has 102 valence electrons. The third kappa shape index (κ3) is 3.10. The van der Waals surface area contributed by atoms with Crippen molar-refractivity contribution >= 4 is 21.4 Å². The molecular weight excluding hydrogens is 270 g/mol. The molecule has 18 heavy (non-hydrogen) atoms. The molecular formula is C11H19N3O2S2. The lowest BCUT2D eigenvalue weighted by atomic mass is 10.2. The van der Waals surface area contributed by atoms with Crippen molar-refractivity contribution in [3.63, 3.8) is 0 Å². The van der Waals surface area contributed by atoms with Crippen molar-refractivity contribution in [2.45, 2.75) is 29.6 Å². The molecule has 1 unspecified atom stereocenters. The maximum atomic E-state index is 12.1. The average Bonchev–Trinajstić information content (AvgIpc) is 2.95. The van der Waals surface area contributed by atoms with E-state index in [0.717, 1.165) is 24.9 Å². The summed E-state index contributed by atoms with van der Waals surface area (Å²) in [5.41, 5.74) is 6.34. The summed E-state index contributed by atoms with van der Waals surface area (Å²) in [7, 11) is -1.34. The highest BCUT2D eigenvalue weighted by atomic mass is 32.2. The first kappa shape index (κ1) is 14.0. The Bertz CT molecular complexity index is 498. The first-order valence-electron chi connectivity index (χ1n) is 6.00. The molecule has 0 bridgehead atoms. The van der Waals surface area contributed by atoms with E-state index in [2.05, 4.69) is 9.62 Å². The number of nitrogens with zero attached hydrogens (tertiary/aromatic N) is 1. The number of likely N-dealkylation sites (N-methyl/N-ethyl adjacent to an activating group) is 1. The molecule has 1 fully saturated rings. The molecule has 0 aliphatic carbocycles. The van der Waals surface area contributed by atoms with Gasteiger partial charge >= 0.3 is 0 Å². The minimum Gasteiger partial charge on any atom is -0.326 e. The number of sulfonamides is 1. The second-order valence-electron chi connectivity index (χ2n) is 4.61. The summed E-state index contributed by atoms with van der Waals surface area (Å²) in [5.74, 6) is 0. The Labute approximate surface area is 112 Å². The van der Waals surface area contributed by atoms with E-state index in [9.17, 15) is 8.42 Å². The van der Waals surface area contributed by atoms with Crippen LogP contribution in [-0.2, 0) is 16.6 Å². The van der Waals surface area contributed by atoms with E-state index in [1.54, 1.807) is 11.4 Å². The van der Waals surface area contributed by atoms with Crippen LogP contribution in [0.15, 0.2) is 15.7 Å². The number of rotatable bonds is 5. The Morgan fingerprint density at radius 1 is 1.61 bits per heavy atom. The first-order chi connectivity index (χ1) is 8.53. The predicted molar refractivity (Wildman–Crippen MR) is 73.1 cm³/mol. The predicted octanol–water partition coefficient (Wildman–Crippen LogP) is 0.579. The van der Waals surface area contributed by atoms with Gasteiger partial charge in [0.05, 0.1) is 0 Å². The molecule has 1 aromatic rings. The van der Waals surface area contributed by atoms with Gasteiger partial charge in [0.2, 0.25) is 10.0 Å². The lowest BCUT2D eigenvalue weighted by Gasteiger charge is -2.19. The van der Waals surface area contributed by atoms with Gasteiger partial charge in [0.15, 0.2) is 0 Å². The van der Waals surface area contributed by atoms with Crippen LogP contribution >= 0.6 is 11.3 Å². The van der Waals surface area contributed by atoms with Gasteiger partial charge in [-0.25, -0.2) is 13.1 Å². The fourth-order valence-corrected chi connectivity index (χ4v) is 4.45. The molecule has 1 saturated heterocycles. The molecule has 1 atom stereocenters. The lowest BCUT2D eigenvalue weighted by Crippen LogP contribution is -2.37. The summed E-state index contributed by atoms with van der Waals surface area (Å²) in [5, 5.41) is 1.79. The lowest BCUT2D eigenvalue weighted by molar-refractivity contribution is 0.311. The molecule has 0 aromatic carbocycles. The van der Waals surface area contributed by atoms with Crippen LogP contribution in [-0.4, -0.2) is 39.5 Å². The van der Waals surface area contributed by atoms with Crippen LogP contribution in [0.25, 0.3) is 0 Å². The topological polar surface area (TPSA) is 75.4 Å². The molecule has 2 heterocycles. The van der Waals surface area contributed by atoms with Crippen molar-refractivity contribution in [3.8, 4) is 0 Å². The van der Waals surface area contributed by atoms with Crippen molar-refractivity contribution in [3.05, 3.63) is 17.0 Å². The molecule has 0 spiro atoms. The first-order valence-corrected chi connectivity index (χ1v) is 8.36. The zero-order valence-corrected chi connectivity index (χ0v) is 12.1. The Hall–Kier alpha value is -0.470. The van der Waals surface area contributed by atoms with Gasteiger partial charge in [0, 0.05) is 19.1 Å². The standard InChI is InChI=1S/C11H19N3O2S2/c1-14-4-2-3-10(14)7-13-18(15,16)11-5-9(6-12)8-17-11/h5,8,10,13H,2-4,6-7,12H2,1H3. The van der Waals surface area contributed by atoms with E-state index in [1.165, 1.54) is 11.3 Å². The van der Waals surface area contributed by atoms with Gasteiger partial charge in [-0.1, -0.05) is 0 Å². The normalized spacial score (nSPS) is 21.6. The minimum absolute atomic E-state index is 0.314. The van der Waals surface area contributed by atoms with E-state index in [-0.39, 0.29) is 0 Å².